The molecule has 0 amide bonds. The summed E-state index contributed by atoms with van der Waals surface area (Å²) < 4.78 is 23.3. The summed E-state index contributed by atoms with van der Waals surface area (Å²) in [5.41, 5.74) is 7.06. The van der Waals surface area contributed by atoms with Crippen molar-refractivity contribution in [2.75, 3.05) is 17.7 Å². The molecule has 3 aromatic rings. The van der Waals surface area contributed by atoms with Crippen molar-refractivity contribution in [3.8, 4) is 11.8 Å². The highest BCUT2D eigenvalue weighted by Gasteiger charge is 2.31. The van der Waals surface area contributed by atoms with Gasteiger partial charge in [0.1, 0.15) is 23.9 Å². The standard InChI is InChI=1S/C24H24FN5O2/c1-13-12-32-24-21(29-17-6-2-4-14(8-17)15-5-3-7-28-10-15)19(25)20(27)18-22(24)30(13)11-16(9-26)23(18)31/h3,5,7,10-11,13-14,17,29H,2,4,6,8,12,27H2,1H3. The van der Waals surface area contributed by atoms with Crippen LogP contribution in [-0.2, 0) is 0 Å². The molecule has 164 valence electrons. The van der Waals surface area contributed by atoms with E-state index in [0.717, 1.165) is 25.7 Å². The number of pyridine rings is 2. The molecule has 32 heavy (non-hydrogen) atoms. The van der Waals surface area contributed by atoms with Crippen LogP contribution in [0.5, 0.6) is 5.75 Å². The monoisotopic (exact) mass is 433 g/mol. The third-order valence-corrected chi connectivity index (χ3v) is 6.64. The number of nitrogens with one attached hydrogen (secondary N) is 1. The van der Waals surface area contributed by atoms with E-state index < -0.39 is 11.2 Å². The lowest BCUT2D eigenvalue weighted by Gasteiger charge is -2.33. The molecule has 8 heteroatoms. The van der Waals surface area contributed by atoms with Gasteiger partial charge in [-0.3, -0.25) is 9.78 Å². The van der Waals surface area contributed by atoms with Crippen molar-refractivity contribution in [1.82, 2.24) is 9.55 Å². The van der Waals surface area contributed by atoms with Gasteiger partial charge in [-0.2, -0.15) is 5.26 Å². The maximum Gasteiger partial charge on any atom is 0.209 e. The summed E-state index contributed by atoms with van der Waals surface area (Å²) in [6, 6.07) is 5.81. The maximum atomic E-state index is 15.5. The van der Waals surface area contributed by atoms with E-state index in [1.54, 1.807) is 10.8 Å². The number of aromatic nitrogens is 2. The summed E-state index contributed by atoms with van der Waals surface area (Å²) in [5, 5.41) is 12.7. The molecule has 0 spiro atoms. The highest BCUT2D eigenvalue weighted by molar-refractivity contribution is 6.00. The third-order valence-electron chi connectivity index (χ3n) is 6.64. The van der Waals surface area contributed by atoms with E-state index in [9.17, 15) is 10.1 Å². The zero-order valence-corrected chi connectivity index (χ0v) is 17.8. The molecular formula is C24H24FN5O2. The lowest BCUT2D eigenvalue weighted by atomic mass is 9.82. The number of nitriles is 1. The molecule has 3 unspecified atom stereocenters. The van der Waals surface area contributed by atoms with Crippen LogP contribution in [0.15, 0.2) is 35.5 Å². The van der Waals surface area contributed by atoms with Crippen molar-refractivity contribution in [2.45, 2.75) is 50.6 Å². The summed E-state index contributed by atoms with van der Waals surface area (Å²) >= 11 is 0. The van der Waals surface area contributed by atoms with Gasteiger partial charge in [0.2, 0.25) is 5.43 Å². The van der Waals surface area contributed by atoms with Crippen LogP contribution in [0.3, 0.4) is 0 Å². The highest BCUT2D eigenvalue weighted by atomic mass is 19.1. The number of hydrogen-bond acceptors (Lipinski definition) is 6. The molecule has 3 heterocycles. The fraction of sp³-hybridized carbons (Fsp3) is 0.375. The third kappa shape index (κ3) is 3.16. The van der Waals surface area contributed by atoms with E-state index in [4.69, 9.17) is 10.5 Å². The van der Waals surface area contributed by atoms with Crippen molar-refractivity contribution in [1.29, 1.82) is 5.26 Å². The average molecular weight is 433 g/mol. The molecule has 1 aromatic carbocycles. The number of nitrogen functional groups attached to an aromatic ring is 1. The number of halogens is 1. The molecular weight excluding hydrogens is 409 g/mol. The van der Waals surface area contributed by atoms with Crippen LogP contribution in [0.2, 0.25) is 0 Å². The predicted octanol–water partition coefficient (Wildman–Crippen LogP) is 4.08. The van der Waals surface area contributed by atoms with Gasteiger partial charge in [-0.1, -0.05) is 12.5 Å². The molecule has 0 radical (unpaired) electrons. The van der Waals surface area contributed by atoms with Crippen molar-refractivity contribution < 1.29 is 9.13 Å². The molecule has 0 saturated heterocycles. The smallest absolute Gasteiger partial charge is 0.209 e. The fourth-order valence-electron chi connectivity index (χ4n) is 5.00. The number of nitrogens with two attached hydrogens (primary N) is 1. The second-order valence-corrected chi connectivity index (χ2v) is 8.70. The summed E-state index contributed by atoms with van der Waals surface area (Å²) in [5.74, 6) is -0.0799. The Hall–Kier alpha value is -3.60. The summed E-state index contributed by atoms with van der Waals surface area (Å²) in [6.45, 7) is 2.22. The van der Waals surface area contributed by atoms with Crippen LogP contribution < -0.4 is 21.2 Å². The molecule has 2 aliphatic rings. The Kier molecular flexibility index (Phi) is 4.97. The topological polar surface area (TPSA) is 106 Å². The Morgan fingerprint density at radius 3 is 3.00 bits per heavy atom. The van der Waals surface area contributed by atoms with Gasteiger partial charge in [0.25, 0.3) is 0 Å². The lowest BCUT2D eigenvalue weighted by molar-refractivity contribution is 0.247. The second kappa shape index (κ2) is 7.83. The van der Waals surface area contributed by atoms with Crippen molar-refractivity contribution in [3.05, 3.63) is 57.9 Å². The summed E-state index contributed by atoms with van der Waals surface area (Å²) in [6.07, 6.45) is 8.96. The minimum atomic E-state index is -0.704. The SMILES string of the molecule is CC1COc2c(NC3CCCC(c4cccnc4)C3)c(F)c(N)c3c(=O)c(C#N)cn1c23. The number of ether oxygens (including phenoxy) is 1. The molecule has 1 aliphatic carbocycles. The zero-order valence-electron chi connectivity index (χ0n) is 17.8. The minimum absolute atomic E-state index is 0.00512. The van der Waals surface area contributed by atoms with Crippen LogP contribution in [0.4, 0.5) is 15.8 Å². The fourth-order valence-corrected chi connectivity index (χ4v) is 5.00. The van der Waals surface area contributed by atoms with Gasteiger partial charge < -0.3 is 20.4 Å². The van der Waals surface area contributed by atoms with Gasteiger partial charge in [0.15, 0.2) is 11.6 Å². The molecule has 2 aromatic heterocycles. The predicted molar refractivity (Wildman–Crippen MR) is 120 cm³/mol. The Morgan fingerprint density at radius 1 is 1.41 bits per heavy atom. The van der Waals surface area contributed by atoms with Crippen LogP contribution in [0.25, 0.3) is 10.9 Å². The largest absolute Gasteiger partial charge is 0.487 e. The first-order valence-corrected chi connectivity index (χ1v) is 10.9. The molecule has 7 nitrogen and oxygen atoms in total. The minimum Gasteiger partial charge on any atom is -0.487 e. The van der Waals surface area contributed by atoms with E-state index in [-0.39, 0.29) is 40.2 Å². The van der Waals surface area contributed by atoms with Gasteiger partial charge in [-0.25, -0.2) is 4.39 Å². The molecule has 5 rings (SSSR count). The van der Waals surface area contributed by atoms with Crippen LogP contribution in [0.1, 0.15) is 55.7 Å². The number of anilines is 2. The average Bonchev–Trinajstić information content (AvgIpc) is 2.82. The number of benzene rings is 1. The molecule has 1 saturated carbocycles. The van der Waals surface area contributed by atoms with Crippen LogP contribution in [-0.4, -0.2) is 22.2 Å². The Balaban J connectivity index is 1.59. The second-order valence-electron chi connectivity index (χ2n) is 8.70. The van der Waals surface area contributed by atoms with Crippen molar-refractivity contribution in [3.63, 3.8) is 0 Å². The summed E-state index contributed by atoms with van der Waals surface area (Å²) in [4.78, 5) is 17.1. The van der Waals surface area contributed by atoms with Crippen LogP contribution in [0, 0.1) is 17.1 Å². The van der Waals surface area contributed by atoms with E-state index in [0.29, 0.717) is 18.0 Å². The first-order valence-electron chi connectivity index (χ1n) is 10.9. The normalized spacial score (nSPS) is 22.2. The van der Waals surface area contributed by atoms with E-state index in [1.165, 1.54) is 11.8 Å². The molecule has 3 atom stereocenters. The quantitative estimate of drug-likeness (QED) is 0.603. The Labute approximate surface area is 184 Å². The number of hydrogen-bond donors (Lipinski definition) is 2. The number of rotatable bonds is 3. The van der Waals surface area contributed by atoms with E-state index in [2.05, 4.69) is 16.4 Å². The molecule has 1 aliphatic heterocycles. The van der Waals surface area contributed by atoms with Gasteiger partial charge >= 0.3 is 0 Å². The van der Waals surface area contributed by atoms with Gasteiger partial charge in [-0.15, -0.1) is 0 Å². The highest BCUT2D eigenvalue weighted by Crippen LogP contribution is 2.44. The maximum absolute atomic E-state index is 15.5. The molecule has 3 N–H and O–H groups in total. The van der Waals surface area contributed by atoms with Crippen LogP contribution >= 0.6 is 0 Å². The Bertz CT molecular complexity index is 1300. The van der Waals surface area contributed by atoms with Crippen molar-refractivity contribution >= 4 is 22.3 Å². The Morgan fingerprint density at radius 2 is 2.25 bits per heavy atom. The summed E-state index contributed by atoms with van der Waals surface area (Å²) in [7, 11) is 0. The zero-order chi connectivity index (χ0) is 22.4. The van der Waals surface area contributed by atoms with Crippen molar-refractivity contribution in [2.24, 2.45) is 0 Å². The van der Waals surface area contributed by atoms with Gasteiger partial charge in [-0.05, 0) is 43.7 Å². The van der Waals surface area contributed by atoms with Gasteiger partial charge in [0, 0.05) is 24.6 Å². The first kappa shape index (κ1) is 20.3. The van der Waals surface area contributed by atoms with E-state index >= 15 is 4.39 Å². The first-order chi connectivity index (χ1) is 15.5. The van der Waals surface area contributed by atoms with E-state index in [1.807, 2.05) is 25.3 Å². The number of nitrogens with zero attached hydrogens (tertiary/aromatic N) is 3. The lowest BCUT2D eigenvalue weighted by Crippen LogP contribution is -2.30. The molecule has 1 fully saturated rings. The van der Waals surface area contributed by atoms with Gasteiger partial charge in [0.05, 0.1) is 22.6 Å². The molecule has 0 bridgehead atoms.